The van der Waals surface area contributed by atoms with E-state index in [4.69, 9.17) is 4.74 Å². The number of piperazine rings is 1. The van der Waals surface area contributed by atoms with Crippen molar-refractivity contribution in [1.82, 2.24) is 10.2 Å². The maximum atomic E-state index is 13.6. The first-order valence-corrected chi connectivity index (χ1v) is 7.04. The Morgan fingerprint density at radius 2 is 2.05 bits per heavy atom. The van der Waals surface area contributed by atoms with Crippen LogP contribution in [0.1, 0.15) is 31.4 Å². The molecule has 1 saturated heterocycles. The van der Waals surface area contributed by atoms with Crippen LogP contribution >= 0.6 is 12.4 Å². The zero-order chi connectivity index (χ0) is 13.7. The Balaban J connectivity index is 0.00000200. The van der Waals surface area contributed by atoms with Gasteiger partial charge in [0, 0.05) is 37.8 Å². The molecule has 1 fully saturated rings. The average Bonchev–Trinajstić information content (AvgIpc) is 2.45. The molecule has 1 atom stereocenters. The zero-order valence-corrected chi connectivity index (χ0v) is 13.0. The van der Waals surface area contributed by atoms with Gasteiger partial charge in [-0.15, -0.1) is 12.4 Å². The molecule has 0 saturated carbocycles. The number of nitrogens with zero attached hydrogens (tertiary/aromatic N) is 1. The molecule has 1 N–H and O–H groups in total. The van der Waals surface area contributed by atoms with Crippen molar-refractivity contribution < 1.29 is 9.13 Å². The second kappa shape index (κ2) is 8.45. The molecular weight excluding hydrogens is 279 g/mol. The number of hydrogen-bond acceptors (Lipinski definition) is 3. The van der Waals surface area contributed by atoms with Gasteiger partial charge in [-0.2, -0.15) is 0 Å². The number of halogens is 2. The van der Waals surface area contributed by atoms with Gasteiger partial charge in [-0.1, -0.05) is 13.3 Å². The maximum absolute atomic E-state index is 13.6. The molecule has 1 aromatic rings. The van der Waals surface area contributed by atoms with Crippen molar-refractivity contribution in [2.45, 2.75) is 25.8 Å². The molecule has 0 unspecified atom stereocenters. The van der Waals surface area contributed by atoms with E-state index < -0.39 is 0 Å². The normalized spacial score (nSPS) is 17.4. The Morgan fingerprint density at radius 3 is 2.65 bits per heavy atom. The number of benzene rings is 1. The molecule has 0 aliphatic carbocycles. The van der Waals surface area contributed by atoms with E-state index in [9.17, 15) is 4.39 Å². The van der Waals surface area contributed by atoms with Crippen LogP contribution in [0.5, 0.6) is 5.75 Å². The molecule has 5 heteroatoms. The number of rotatable bonds is 5. The summed E-state index contributed by atoms with van der Waals surface area (Å²) < 4.78 is 19.0. The lowest BCUT2D eigenvalue weighted by atomic mass is 9.98. The van der Waals surface area contributed by atoms with Crippen molar-refractivity contribution >= 4 is 12.4 Å². The van der Waals surface area contributed by atoms with Gasteiger partial charge in [0.2, 0.25) is 0 Å². The van der Waals surface area contributed by atoms with Gasteiger partial charge >= 0.3 is 0 Å². The SMILES string of the molecule is CCC[C@@H](c1cc(F)ccc1OC)N1CCNCC1.Cl. The van der Waals surface area contributed by atoms with Crippen LogP contribution in [0.2, 0.25) is 0 Å². The summed E-state index contributed by atoms with van der Waals surface area (Å²) in [5.41, 5.74) is 0.978. The van der Waals surface area contributed by atoms with Crippen molar-refractivity contribution in [1.29, 1.82) is 0 Å². The molecule has 0 aromatic heterocycles. The Morgan fingerprint density at radius 1 is 1.35 bits per heavy atom. The van der Waals surface area contributed by atoms with Crippen molar-refractivity contribution in [3.05, 3.63) is 29.6 Å². The van der Waals surface area contributed by atoms with Crippen molar-refractivity contribution in [2.75, 3.05) is 33.3 Å². The third-order valence-electron chi connectivity index (χ3n) is 3.71. The number of nitrogens with one attached hydrogen (secondary N) is 1. The molecule has 1 aliphatic heterocycles. The minimum atomic E-state index is -0.188. The highest BCUT2D eigenvalue weighted by atomic mass is 35.5. The van der Waals surface area contributed by atoms with Gasteiger partial charge in [0.25, 0.3) is 0 Å². The summed E-state index contributed by atoms with van der Waals surface area (Å²) in [6, 6.07) is 5.07. The maximum Gasteiger partial charge on any atom is 0.123 e. The van der Waals surface area contributed by atoms with Crippen LogP contribution in [0.25, 0.3) is 0 Å². The first kappa shape index (κ1) is 17.2. The Bertz CT molecular complexity index is 411. The Kier molecular flexibility index (Phi) is 7.27. The zero-order valence-electron chi connectivity index (χ0n) is 12.2. The van der Waals surface area contributed by atoms with Gasteiger partial charge < -0.3 is 10.1 Å². The van der Waals surface area contributed by atoms with Crippen LogP contribution in [0.3, 0.4) is 0 Å². The third-order valence-corrected chi connectivity index (χ3v) is 3.71. The predicted molar refractivity (Wildman–Crippen MR) is 82.3 cm³/mol. The van der Waals surface area contributed by atoms with Crippen LogP contribution in [-0.4, -0.2) is 38.2 Å². The Labute approximate surface area is 126 Å². The highest BCUT2D eigenvalue weighted by molar-refractivity contribution is 5.85. The molecule has 1 aliphatic rings. The molecule has 0 amide bonds. The van der Waals surface area contributed by atoms with Crippen LogP contribution in [-0.2, 0) is 0 Å². The minimum absolute atomic E-state index is 0. The molecule has 1 heterocycles. The largest absolute Gasteiger partial charge is 0.496 e. The average molecular weight is 303 g/mol. The van der Waals surface area contributed by atoms with E-state index in [0.29, 0.717) is 0 Å². The van der Waals surface area contributed by atoms with Gasteiger partial charge in [-0.05, 0) is 24.6 Å². The predicted octanol–water partition coefficient (Wildman–Crippen LogP) is 3.00. The third kappa shape index (κ3) is 4.08. The molecule has 114 valence electrons. The lowest BCUT2D eigenvalue weighted by Crippen LogP contribution is -2.45. The molecule has 2 rings (SSSR count). The fourth-order valence-corrected chi connectivity index (χ4v) is 2.77. The summed E-state index contributed by atoms with van der Waals surface area (Å²) in [7, 11) is 1.65. The fraction of sp³-hybridized carbons (Fsp3) is 0.600. The van der Waals surface area contributed by atoms with Gasteiger partial charge in [-0.3, -0.25) is 4.90 Å². The summed E-state index contributed by atoms with van der Waals surface area (Å²) in [5, 5.41) is 3.36. The summed E-state index contributed by atoms with van der Waals surface area (Å²) in [6.07, 6.45) is 2.11. The highest BCUT2D eigenvalue weighted by Gasteiger charge is 2.24. The van der Waals surface area contributed by atoms with Crippen molar-refractivity contribution in [3.8, 4) is 5.75 Å². The smallest absolute Gasteiger partial charge is 0.123 e. The lowest BCUT2D eigenvalue weighted by molar-refractivity contribution is 0.161. The molecule has 0 spiro atoms. The van der Waals surface area contributed by atoms with Crippen molar-refractivity contribution in [2.24, 2.45) is 0 Å². The molecule has 20 heavy (non-hydrogen) atoms. The van der Waals surface area contributed by atoms with Gasteiger partial charge in [0.15, 0.2) is 0 Å². The van der Waals surface area contributed by atoms with Crippen molar-refractivity contribution in [3.63, 3.8) is 0 Å². The molecule has 0 radical (unpaired) electrons. The first-order valence-electron chi connectivity index (χ1n) is 7.04. The monoisotopic (exact) mass is 302 g/mol. The molecular formula is C15H24ClFN2O. The number of methoxy groups -OCH3 is 1. The van der Waals surface area contributed by atoms with Crippen LogP contribution in [0, 0.1) is 5.82 Å². The summed E-state index contributed by atoms with van der Waals surface area (Å²) in [4.78, 5) is 2.43. The van der Waals surface area contributed by atoms with E-state index in [-0.39, 0.29) is 24.3 Å². The fourth-order valence-electron chi connectivity index (χ4n) is 2.77. The van der Waals surface area contributed by atoms with E-state index >= 15 is 0 Å². The van der Waals surface area contributed by atoms with Crippen LogP contribution in [0.4, 0.5) is 4.39 Å². The van der Waals surface area contributed by atoms with Gasteiger partial charge in [0.1, 0.15) is 11.6 Å². The quantitative estimate of drug-likeness (QED) is 0.905. The topological polar surface area (TPSA) is 24.5 Å². The van der Waals surface area contributed by atoms with E-state index in [1.807, 2.05) is 0 Å². The van der Waals surface area contributed by atoms with Crippen LogP contribution < -0.4 is 10.1 Å². The van der Waals surface area contributed by atoms with E-state index in [2.05, 4.69) is 17.1 Å². The summed E-state index contributed by atoms with van der Waals surface area (Å²) in [5.74, 6) is 0.602. The first-order chi connectivity index (χ1) is 9.26. The van der Waals surface area contributed by atoms with Gasteiger partial charge in [0.05, 0.1) is 7.11 Å². The van der Waals surface area contributed by atoms with E-state index in [1.54, 1.807) is 19.2 Å². The summed E-state index contributed by atoms with van der Waals surface area (Å²) >= 11 is 0. The van der Waals surface area contributed by atoms with Gasteiger partial charge in [-0.25, -0.2) is 4.39 Å². The van der Waals surface area contributed by atoms with E-state index in [0.717, 1.165) is 50.3 Å². The number of ether oxygens (including phenoxy) is 1. The summed E-state index contributed by atoms with van der Waals surface area (Å²) in [6.45, 7) is 6.17. The second-order valence-corrected chi connectivity index (χ2v) is 4.98. The second-order valence-electron chi connectivity index (χ2n) is 4.98. The molecule has 0 bridgehead atoms. The van der Waals surface area contributed by atoms with Crippen LogP contribution in [0.15, 0.2) is 18.2 Å². The molecule has 3 nitrogen and oxygen atoms in total. The lowest BCUT2D eigenvalue weighted by Gasteiger charge is -2.35. The molecule has 1 aromatic carbocycles. The van der Waals surface area contributed by atoms with E-state index in [1.165, 1.54) is 6.07 Å². The number of hydrogen-bond donors (Lipinski definition) is 1. The highest BCUT2D eigenvalue weighted by Crippen LogP contribution is 2.33. The standard InChI is InChI=1S/C15H23FN2O.ClH/c1-3-4-14(18-9-7-17-8-10-18)13-11-12(16)5-6-15(13)19-2;/h5-6,11,14,17H,3-4,7-10H2,1-2H3;1H/t14-;/m0./s1. The minimum Gasteiger partial charge on any atom is -0.496 e. The Hall–Kier alpha value is -0.840.